The molecule has 68 valence electrons. The molecule has 0 amide bonds. The van der Waals surface area contributed by atoms with Crippen molar-refractivity contribution in [3.63, 3.8) is 0 Å². The number of rotatable bonds is 0. The number of benzene rings is 1. The first kappa shape index (κ1) is 7.57. The van der Waals surface area contributed by atoms with Gasteiger partial charge in [0.2, 0.25) is 0 Å². The fraction of sp³-hybridized carbons (Fsp3) is 0.500. The molecule has 1 nitrogen and oxygen atoms in total. The molecule has 1 fully saturated rings. The molecule has 1 aliphatic heterocycles. The smallest absolute Gasteiger partial charge is 0.00767 e. The van der Waals surface area contributed by atoms with Gasteiger partial charge in [0.25, 0.3) is 0 Å². The van der Waals surface area contributed by atoms with E-state index in [0.29, 0.717) is 6.04 Å². The van der Waals surface area contributed by atoms with Gasteiger partial charge in [0, 0.05) is 18.5 Å². The summed E-state index contributed by atoms with van der Waals surface area (Å²) in [7, 11) is 0. The van der Waals surface area contributed by atoms with Crippen LogP contribution in [0.2, 0.25) is 0 Å². The highest BCUT2D eigenvalue weighted by molar-refractivity contribution is 5.38. The summed E-state index contributed by atoms with van der Waals surface area (Å²) in [5.74, 6) is 1.66. The van der Waals surface area contributed by atoms with E-state index >= 15 is 0 Å². The Morgan fingerprint density at radius 3 is 3.08 bits per heavy atom. The number of nitrogens with one attached hydrogen (secondary N) is 1. The third-order valence-electron chi connectivity index (χ3n) is 3.73. The van der Waals surface area contributed by atoms with Crippen LogP contribution in [0.1, 0.15) is 24.0 Å². The summed E-state index contributed by atoms with van der Waals surface area (Å²) in [5.41, 5.74) is 3.19. The highest BCUT2D eigenvalue weighted by Crippen LogP contribution is 2.42. The normalized spacial score (nSPS) is 35.9. The molecule has 1 aromatic carbocycles. The van der Waals surface area contributed by atoms with Crippen LogP contribution in [0.25, 0.3) is 0 Å². The molecule has 2 aliphatic rings. The number of hydrogen-bond acceptors (Lipinski definition) is 1. The van der Waals surface area contributed by atoms with Crippen molar-refractivity contribution in [2.75, 3.05) is 6.54 Å². The Labute approximate surface area is 79.2 Å². The van der Waals surface area contributed by atoms with Gasteiger partial charge in [-0.15, -0.1) is 0 Å². The Morgan fingerprint density at radius 1 is 1.31 bits per heavy atom. The molecule has 1 heteroatoms. The molecule has 3 unspecified atom stereocenters. The van der Waals surface area contributed by atoms with Crippen LogP contribution in [0.5, 0.6) is 0 Å². The molecule has 1 aromatic rings. The minimum absolute atomic E-state index is 0.706. The minimum Gasteiger partial charge on any atom is -0.313 e. The summed E-state index contributed by atoms with van der Waals surface area (Å²) in [5, 5.41) is 3.56. The highest BCUT2D eigenvalue weighted by atomic mass is 15.0. The predicted molar refractivity (Wildman–Crippen MR) is 53.8 cm³/mol. The van der Waals surface area contributed by atoms with Crippen molar-refractivity contribution in [1.82, 2.24) is 5.32 Å². The molecule has 0 saturated carbocycles. The molecule has 1 heterocycles. The van der Waals surface area contributed by atoms with Crippen LogP contribution in [0.3, 0.4) is 0 Å². The minimum atomic E-state index is 0.706. The highest BCUT2D eigenvalue weighted by Gasteiger charge is 2.39. The zero-order valence-corrected chi connectivity index (χ0v) is 7.96. The molecular formula is C12H15N. The third-order valence-corrected chi connectivity index (χ3v) is 3.73. The summed E-state index contributed by atoms with van der Waals surface area (Å²) in [6, 6.07) is 9.64. The lowest BCUT2D eigenvalue weighted by atomic mass is 9.92. The van der Waals surface area contributed by atoms with Crippen molar-refractivity contribution >= 4 is 0 Å². The second-order valence-corrected chi connectivity index (χ2v) is 4.37. The van der Waals surface area contributed by atoms with Gasteiger partial charge in [0.15, 0.2) is 0 Å². The van der Waals surface area contributed by atoms with Crippen LogP contribution in [0.15, 0.2) is 24.3 Å². The van der Waals surface area contributed by atoms with E-state index in [-0.39, 0.29) is 0 Å². The average molecular weight is 173 g/mol. The molecule has 3 atom stereocenters. The second-order valence-electron chi connectivity index (χ2n) is 4.37. The number of hydrogen-bond donors (Lipinski definition) is 1. The first-order chi connectivity index (χ1) is 6.36. The van der Waals surface area contributed by atoms with E-state index in [1.165, 1.54) is 13.0 Å². The summed E-state index contributed by atoms with van der Waals surface area (Å²) in [4.78, 5) is 0. The predicted octanol–water partition coefficient (Wildman–Crippen LogP) is 1.93. The molecule has 1 saturated heterocycles. The van der Waals surface area contributed by atoms with Gasteiger partial charge < -0.3 is 5.32 Å². The fourth-order valence-corrected chi connectivity index (χ4v) is 2.96. The Balaban J connectivity index is 2.05. The van der Waals surface area contributed by atoms with Gasteiger partial charge in [-0.2, -0.15) is 0 Å². The van der Waals surface area contributed by atoms with E-state index in [0.717, 1.165) is 11.8 Å². The van der Waals surface area contributed by atoms with Gasteiger partial charge in [0.05, 0.1) is 0 Å². The largest absolute Gasteiger partial charge is 0.313 e. The van der Waals surface area contributed by atoms with E-state index in [9.17, 15) is 0 Å². The van der Waals surface area contributed by atoms with Crippen LogP contribution >= 0.6 is 0 Å². The fourth-order valence-electron chi connectivity index (χ4n) is 2.96. The molecule has 0 bridgehead atoms. The average Bonchev–Trinajstić information content (AvgIpc) is 2.67. The van der Waals surface area contributed by atoms with Gasteiger partial charge in [-0.3, -0.25) is 0 Å². The zero-order chi connectivity index (χ0) is 8.84. The van der Waals surface area contributed by atoms with Gasteiger partial charge in [-0.05, 0) is 30.4 Å². The molecule has 1 N–H and O–H groups in total. The molecule has 0 radical (unpaired) electrons. The lowest BCUT2D eigenvalue weighted by Crippen LogP contribution is -2.23. The van der Waals surface area contributed by atoms with E-state index < -0.39 is 0 Å². The quantitative estimate of drug-likeness (QED) is 0.632. The Morgan fingerprint density at radius 2 is 2.15 bits per heavy atom. The molecular weight excluding hydrogens is 158 g/mol. The Kier molecular flexibility index (Phi) is 1.50. The van der Waals surface area contributed by atoms with Crippen LogP contribution in [0, 0.1) is 5.92 Å². The monoisotopic (exact) mass is 173 g/mol. The summed E-state index contributed by atoms with van der Waals surface area (Å²) < 4.78 is 0. The molecule has 1 aliphatic carbocycles. The lowest BCUT2D eigenvalue weighted by Gasteiger charge is -2.11. The van der Waals surface area contributed by atoms with Gasteiger partial charge in [-0.1, -0.05) is 24.3 Å². The molecule has 13 heavy (non-hydrogen) atoms. The van der Waals surface area contributed by atoms with Crippen LogP contribution in [-0.4, -0.2) is 12.6 Å². The van der Waals surface area contributed by atoms with E-state index in [2.05, 4.69) is 36.5 Å². The number of fused-ring (bicyclic) bond motifs is 3. The lowest BCUT2D eigenvalue weighted by molar-refractivity contribution is 0.469. The van der Waals surface area contributed by atoms with Gasteiger partial charge >= 0.3 is 0 Å². The van der Waals surface area contributed by atoms with Crippen molar-refractivity contribution in [2.24, 2.45) is 5.92 Å². The van der Waals surface area contributed by atoms with Crippen LogP contribution in [0.4, 0.5) is 0 Å². The topological polar surface area (TPSA) is 12.0 Å². The maximum Gasteiger partial charge on any atom is 0.00767 e. The van der Waals surface area contributed by atoms with E-state index in [1.54, 1.807) is 11.1 Å². The van der Waals surface area contributed by atoms with Crippen molar-refractivity contribution < 1.29 is 0 Å². The molecule has 0 spiro atoms. The van der Waals surface area contributed by atoms with Gasteiger partial charge in [0.1, 0.15) is 0 Å². The third kappa shape index (κ3) is 0.969. The Hall–Kier alpha value is -0.820. The van der Waals surface area contributed by atoms with E-state index in [1.807, 2.05) is 0 Å². The molecule has 0 aromatic heterocycles. The van der Waals surface area contributed by atoms with Gasteiger partial charge in [-0.25, -0.2) is 0 Å². The van der Waals surface area contributed by atoms with Crippen molar-refractivity contribution in [3.8, 4) is 0 Å². The maximum atomic E-state index is 3.56. The first-order valence-corrected chi connectivity index (χ1v) is 5.17. The second kappa shape index (κ2) is 2.58. The SMILES string of the molecule is CC1NCC2c3ccccc3CC12. The van der Waals surface area contributed by atoms with Crippen molar-refractivity contribution in [2.45, 2.75) is 25.3 Å². The van der Waals surface area contributed by atoms with Crippen LogP contribution < -0.4 is 5.32 Å². The Bertz CT molecular complexity index is 332. The maximum absolute atomic E-state index is 3.56. The van der Waals surface area contributed by atoms with Crippen molar-refractivity contribution in [3.05, 3.63) is 35.4 Å². The first-order valence-electron chi connectivity index (χ1n) is 5.17. The summed E-state index contributed by atoms with van der Waals surface area (Å²) in [6.45, 7) is 3.50. The molecule has 3 rings (SSSR count). The van der Waals surface area contributed by atoms with E-state index in [4.69, 9.17) is 0 Å². The summed E-state index contributed by atoms with van der Waals surface area (Å²) >= 11 is 0. The summed E-state index contributed by atoms with van der Waals surface area (Å²) in [6.07, 6.45) is 1.29. The zero-order valence-electron chi connectivity index (χ0n) is 7.96. The standard InChI is InChI=1S/C12H15N/c1-8-11-6-9-4-2-3-5-10(9)12(11)7-13-8/h2-5,8,11-13H,6-7H2,1H3. The van der Waals surface area contributed by atoms with Crippen molar-refractivity contribution in [1.29, 1.82) is 0 Å². The van der Waals surface area contributed by atoms with Crippen LogP contribution in [-0.2, 0) is 6.42 Å².